The molecule has 0 spiro atoms. The molecule has 0 heterocycles. The highest BCUT2D eigenvalue weighted by molar-refractivity contribution is 6.39. The lowest BCUT2D eigenvalue weighted by Gasteiger charge is -2.12. The van der Waals surface area contributed by atoms with Crippen molar-refractivity contribution >= 4 is 17.5 Å². The van der Waals surface area contributed by atoms with Gasteiger partial charge in [-0.3, -0.25) is 9.59 Å². The standard InChI is InChI=1S/C18H20N2O4/c1-12-8-9-16(24-3)14(10-12)20-18(22)17(21)19-11-13-6-4-5-7-15(13)23-2/h4-10H,11H2,1-3H3,(H,19,21)(H,20,22). The second-order valence-corrected chi connectivity index (χ2v) is 5.15. The summed E-state index contributed by atoms with van der Waals surface area (Å²) in [5, 5.41) is 5.13. The number of para-hydroxylation sites is 1. The minimum Gasteiger partial charge on any atom is -0.496 e. The topological polar surface area (TPSA) is 76.7 Å². The quantitative estimate of drug-likeness (QED) is 0.826. The van der Waals surface area contributed by atoms with Gasteiger partial charge in [0.15, 0.2) is 0 Å². The number of hydrogen-bond acceptors (Lipinski definition) is 4. The highest BCUT2D eigenvalue weighted by atomic mass is 16.5. The molecule has 0 saturated carbocycles. The molecule has 2 aromatic rings. The summed E-state index contributed by atoms with van der Waals surface area (Å²) in [7, 11) is 3.06. The van der Waals surface area contributed by atoms with Gasteiger partial charge in [0.2, 0.25) is 0 Å². The third kappa shape index (κ3) is 4.25. The van der Waals surface area contributed by atoms with Crippen LogP contribution in [0.4, 0.5) is 5.69 Å². The number of amides is 2. The van der Waals surface area contributed by atoms with Gasteiger partial charge in [0, 0.05) is 12.1 Å². The van der Waals surface area contributed by atoms with Gasteiger partial charge in [0.05, 0.1) is 19.9 Å². The lowest BCUT2D eigenvalue weighted by molar-refractivity contribution is -0.136. The number of nitrogens with one attached hydrogen (secondary N) is 2. The van der Waals surface area contributed by atoms with Crippen molar-refractivity contribution in [2.45, 2.75) is 13.5 Å². The van der Waals surface area contributed by atoms with Crippen LogP contribution in [0.2, 0.25) is 0 Å². The Morgan fingerprint density at radius 1 is 0.958 bits per heavy atom. The Morgan fingerprint density at radius 2 is 1.67 bits per heavy atom. The number of carbonyl (C=O) groups is 2. The third-order valence-electron chi connectivity index (χ3n) is 3.44. The lowest BCUT2D eigenvalue weighted by Crippen LogP contribution is -2.35. The van der Waals surface area contributed by atoms with E-state index in [0.717, 1.165) is 11.1 Å². The molecule has 2 rings (SSSR count). The lowest BCUT2D eigenvalue weighted by atomic mass is 10.2. The first-order valence-corrected chi connectivity index (χ1v) is 7.41. The molecular weight excluding hydrogens is 308 g/mol. The molecule has 6 heteroatoms. The second kappa shape index (κ2) is 8.01. The fraction of sp³-hybridized carbons (Fsp3) is 0.222. The van der Waals surface area contributed by atoms with Crippen LogP contribution in [-0.2, 0) is 16.1 Å². The predicted octanol–water partition coefficient (Wildman–Crippen LogP) is 2.27. The number of anilines is 1. The monoisotopic (exact) mass is 328 g/mol. The van der Waals surface area contributed by atoms with Crippen molar-refractivity contribution in [1.29, 1.82) is 0 Å². The zero-order valence-electron chi connectivity index (χ0n) is 13.9. The minimum atomic E-state index is -0.756. The Labute approximate surface area is 140 Å². The zero-order chi connectivity index (χ0) is 17.5. The van der Waals surface area contributed by atoms with Crippen LogP contribution >= 0.6 is 0 Å². The first-order valence-electron chi connectivity index (χ1n) is 7.41. The van der Waals surface area contributed by atoms with E-state index in [1.807, 2.05) is 31.2 Å². The molecule has 0 aliphatic heterocycles. The van der Waals surface area contributed by atoms with Gasteiger partial charge in [-0.05, 0) is 30.7 Å². The Kier molecular flexibility index (Phi) is 5.78. The largest absolute Gasteiger partial charge is 0.496 e. The maximum atomic E-state index is 12.1. The number of ether oxygens (including phenoxy) is 2. The summed E-state index contributed by atoms with van der Waals surface area (Å²) in [5.74, 6) is -0.344. The molecular formula is C18H20N2O4. The van der Waals surface area contributed by atoms with E-state index in [1.54, 1.807) is 25.3 Å². The van der Waals surface area contributed by atoms with Crippen molar-refractivity contribution in [3.8, 4) is 11.5 Å². The predicted molar refractivity (Wildman–Crippen MR) is 91.2 cm³/mol. The third-order valence-corrected chi connectivity index (χ3v) is 3.44. The first kappa shape index (κ1) is 17.3. The summed E-state index contributed by atoms with van der Waals surface area (Å²) in [6, 6.07) is 12.6. The molecule has 126 valence electrons. The summed E-state index contributed by atoms with van der Waals surface area (Å²) in [6.45, 7) is 2.08. The van der Waals surface area contributed by atoms with Crippen LogP contribution in [0, 0.1) is 6.92 Å². The smallest absolute Gasteiger partial charge is 0.313 e. The number of benzene rings is 2. The van der Waals surface area contributed by atoms with Crippen LogP contribution in [0.25, 0.3) is 0 Å². The van der Waals surface area contributed by atoms with Crippen LogP contribution in [0.15, 0.2) is 42.5 Å². The summed E-state index contributed by atoms with van der Waals surface area (Å²) >= 11 is 0. The molecule has 2 N–H and O–H groups in total. The van der Waals surface area contributed by atoms with Crippen molar-refractivity contribution < 1.29 is 19.1 Å². The Bertz CT molecular complexity index is 744. The van der Waals surface area contributed by atoms with Crippen LogP contribution < -0.4 is 20.1 Å². The summed E-state index contributed by atoms with van der Waals surface area (Å²) in [4.78, 5) is 24.1. The van der Waals surface area contributed by atoms with Gasteiger partial charge in [-0.15, -0.1) is 0 Å². The van der Waals surface area contributed by atoms with Gasteiger partial charge in [0.1, 0.15) is 11.5 Å². The molecule has 0 atom stereocenters. The number of methoxy groups -OCH3 is 2. The van der Waals surface area contributed by atoms with Crippen LogP contribution in [0.3, 0.4) is 0 Å². The van der Waals surface area contributed by atoms with Gasteiger partial charge < -0.3 is 20.1 Å². The van der Waals surface area contributed by atoms with E-state index in [9.17, 15) is 9.59 Å². The van der Waals surface area contributed by atoms with E-state index in [0.29, 0.717) is 17.2 Å². The molecule has 6 nitrogen and oxygen atoms in total. The minimum absolute atomic E-state index is 0.196. The molecule has 0 aliphatic rings. The average molecular weight is 328 g/mol. The van der Waals surface area contributed by atoms with E-state index in [4.69, 9.17) is 9.47 Å². The van der Waals surface area contributed by atoms with Crippen molar-refractivity contribution in [3.63, 3.8) is 0 Å². The fourth-order valence-electron chi connectivity index (χ4n) is 2.20. The van der Waals surface area contributed by atoms with Gasteiger partial charge in [-0.25, -0.2) is 0 Å². The van der Waals surface area contributed by atoms with Crippen molar-refractivity contribution in [3.05, 3.63) is 53.6 Å². The average Bonchev–Trinajstić information content (AvgIpc) is 2.60. The van der Waals surface area contributed by atoms with Gasteiger partial charge >= 0.3 is 11.8 Å². The summed E-state index contributed by atoms with van der Waals surface area (Å²) in [5.41, 5.74) is 2.18. The van der Waals surface area contributed by atoms with Gasteiger partial charge in [0.25, 0.3) is 0 Å². The van der Waals surface area contributed by atoms with E-state index in [1.165, 1.54) is 7.11 Å². The van der Waals surface area contributed by atoms with E-state index in [2.05, 4.69) is 10.6 Å². The second-order valence-electron chi connectivity index (χ2n) is 5.15. The molecule has 0 fully saturated rings. The SMILES string of the molecule is COc1ccccc1CNC(=O)C(=O)Nc1cc(C)ccc1OC. The molecule has 0 bridgehead atoms. The molecule has 0 radical (unpaired) electrons. The van der Waals surface area contributed by atoms with Gasteiger partial charge in [-0.2, -0.15) is 0 Å². The molecule has 0 aromatic heterocycles. The molecule has 24 heavy (non-hydrogen) atoms. The van der Waals surface area contributed by atoms with Crippen LogP contribution in [0.1, 0.15) is 11.1 Å². The fourth-order valence-corrected chi connectivity index (χ4v) is 2.20. The maximum absolute atomic E-state index is 12.1. The Balaban J connectivity index is 2.00. The normalized spacial score (nSPS) is 9.96. The van der Waals surface area contributed by atoms with Crippen molar-refractivity contribution in [2.75, 3.05) is 19.5 Å². The van der Waals surface area contributed by atoms with E-state index < -0.39 is 11.8 Å². The van der Waals surface area contributed by atoms with Crippen LogP contribution in [-0.4, -0.2) is 26.0 Å². The van der Waals surface area contributed by atoms with Crippen LogP contribution in [0.5, 0.6) is 11.5 Å². The number of aryl methyl sites for hydroxylation is 1. The van der Waals surface area contributed by atoms with Gasteiger partial charge in [-0.1, -0.05) is 24.3 Å². The van der Waals surface area contributed by atoms with Crippen molar-refractivity contribution in [2.24, 2.45) is 0 Å². The highest BCUT2D eigenvalue weighted by Crippen LogP contribution is 2.25. The first-order chi connectivity index (χ1) is 11.5. The Hall–Kier alpha value is -3.02. The number of rotatable bonds is 5. The maximum Gasteiger partial charge on any atom is 0.313 e. The Morgan fingerprint density at radius 3 is 2.38 bits per heavy atom. The molecule has 0 saturated heterocycles. The molecule has 2 aromatic carbocycles. The molecule has 0 unspecified atom stereocenters. The summed E-state index contributed by atoms with van der Waals surface area (Å²) < 4.78 is 10.4. The zero-order valence-corrected chi connectivity index (χ0v) is 13.9. The molecule has 0 aliphatic carbocycles. The number of carbonyl (C=O) groups excluding carboxylic acids is 2. The highest BCUT2D eigenvalue weighted by Gasteiger charge is 2.16. The number of hydrogen-bond donors (Lipinski definition) is 2. The van der Waals surface area contributed by atoms with E-state index >= 15 is 0 Å². The molecule has 2 amide bonds. The van der Waals surface area contributed by atoms with E-state index in [-0.39, 0.29) is 6.54 Å². The summed E-state index contributed by atoms with van der Waals surface area (Å²) in [6.07, 6.45) is 0. The van der Waals surface area contributed by atoms with Crippen molar-refractivity contribution in [1.82, 2.24) is 5.32 Å².